The molecular weight excluding hydrogens is 431 g/mol. The van der Waals surface area contributed by atoms with Gasteiger partial charge in [-0.1, -0.05) is 23.2 Å². The molecule has 3 heterocycles. The van der Waals surface area contributed by atoms with E-state index in [0.29, 0.717) is 23.7 Å². The van der Waals surface area contributed by atoms with Crippen LogP contribution in [-0.4, -0.2) is 28.0 Å². The number of rotatable bonds is 6. The molecule has 0 aliphatic carbocycles. The Hall–Kier alpha value is -3.28. The Morgan fingerprint density at radius 3 is 2.73 bits per heavy atom. The Morgan fingerprint density at radius 1 is 1.30 bits per heavy atom. The number of carbonyl (C=O) groups is 2. The molecule has 10 heteroatoms. The number of nitrogens with zero attached hydrogens (tertiary/aromatic N) is 3. The first-order valence-electron chi connectivity index (χ1n) is 8.73. The minimum Gasteiger partial charge on any atom is -0.467 e. The van der Waals surface area contributed by atoms with Crippen molar-refractivity contribution in [3.8, 4) is 6.07 Å². The van der Waals surface area contributed by atoms with Gasteiger partial charge in [-0.3, -0.25) is 4.79 Å². The summed E-state index contributed by atoms with van der Waals surface area (Å²) in [6.07, 6.45) is 1.54. The molecule has 1 N–H and O–H groups in total. The molecule has 3 rings (SSSR count). The van der Waals surface area contributed by atoms with E-state index in [2.05, 4.69) is 16.4 Å². The third kappa shape index (κ3) is 4.48. The van der Waals surface area contributed by atoms with Crippen LogP contribution in [0, 0.1) is 25.2 Å². The number of aromatic nitrogens is 2. The Kier molecular flexibility index (Phi) is 6.45. The molecule has 0 bridgehead atoms. The molecule has 3 aromatic rings. The third-order valence-electron chi connectivity index (χ3n) is 4.43. The molecule has 154 valence electrons. The largest absolute Gasteiger partial charge is 0.467 e. The van der Waals surface area contributed by atoms with Crippen LogP contribution >= 0.6 is 23.2 Å². The van der Waals surface area contributed by atoms with Crippen molar-refractivity contribution in [2.75, 3.05) is 11.9 Å². The second kappa shape index (κ2) is 9.03. The highest BCUT2D eigenvalue weighted by Crippen LogP contribution is 2.27. The predicted molar refractivity (Wildman–Crippen MR) is 110 cm³/mol. The van der Waals surface area contributed by atoms with Gasteiger partial charge in [0.25, 0.3) is 5.91 Å². The summed E-state index contributed by atoms with van der Waals surface area (Å²) in [6, 6.07) is 8.46. The molecule has 0 unspecified atom stereocenters. The number of nitrogens with one attached hydrogen (secondary N) is 1. The first kappa shape index (κ1) is 21.4. The van der Waals surface area contributed by atoms with Gasteiger partial charge < -0.3 is 19.0 Å². The fraction of sp³-hybridized carbons (Fsp3) is 0.200. The first-order valence-corrected chi connectivity index (χ1v) is 9.48. The van der Waals surface area contributed by atoms with Crippen LogP contribution in [0.4, 0.5) is 5.82 Å². The van der Waals surface area contributed by atoms with E-state index in [1.807, 2.05) is 6.92 Å². The van der Waals surface area contributed by atoms with Crippen molar-refractivity contribution < 1.29 is 18.7 Å². The van der Waals surface area contributed by atoms with Crippen molar-refractivity contribution >= 4 is 40.9 Å². The van der Waals surface area contributed by atoms with Crippen LogP contribution in [0.5, 0.6) is 0 Å². The lowest BCUT2D eigenvalue weighted by Gasteiger charge is -2.12. The van der Waals surface area contributed by atoms with E-state index in [1.54, 1.807) is 29.9 Å². The van der Waals surface area contributed by atoms with Gasteiger partial charge in [0.1, 0.15) is 22.8 Å². The molecule has 0 aliphatic rings. The van der Waals surface area contributed by atoms with Gasteiger partial charge in [-0.15, -0.1) is 0 Å². The smallest absolute Gasteiger partial charge is 0.359 e. The van der Waals surface area contributed by atoms with E-state index in [1.165, 1.54) is 12.1 Å². The average Bonchev–Trinajstić information content (AvgIpc) is 3.31. The summed E-state index contributed by atoms with van der Waals surface area (Å²) >= 11 is 11.7. The maximum absolute atomic E-state index is 12.4. The molecular formula is C20H16Cl2N4O4. The standard InChI is InChI=1S/C20H16Cl2N4O4/c1-11-12(2)26(9-13-4-3-7-29-13)19(14(11)8-23)25-17(27)10-30-20(28)18-15(21)5-6-16(22)24-18/h3-7H,9-10H2,1-2H3,(H,25,27). The lowest BCUT2D eigenvalue weighted by molar-refractivity contribution is -0.119. The second-order valence-electron chi connectivity index (χ2n) is 6.30. The molecule has 3 aromatic heterocycles. The van der Waals surface area contributed by atoms with Gasteiger partial charge in [-0.2, -0.15) is 5.26 Å². The van der Waals surface area contributed by atoms with E-state index in [4.69, 9.17) is 32.4 Å². The SMILES string of the molecule is Cc1c(C#N)c(NC(=O)COC(=O)c2nc(Cl)ccc2Cl)n(Cc2ccco2)c1C. The number of esters is 1. The average molecular weight is 447 g/mol. The molecule has 8 nitrogen and oxygen atoms in total. The number of anilines is 1. The maximum atomic E-state index is 12.4. The first-order chi connectivity index (χ1) is 14.3. The van der Waals surface area contributed by atoms with Crippen molar-refractivity contribution in [3.63, 3.8) is 0 Å². The van der Waals surface area contributed by atoms with Gasteiger partial charge in [0.15, 0.2) is 12.3 Å². The minimum absolute atomic E-state index is 0.0511. The number of amides is 1. The van der Waals surface area contributed by atoms with Gasteiger partial charge in [0.2, 0.25) is 0 Å². The van der Waals surface area contributed by atoms with E-state index < -0.39 is 18.5 Å². The summed E-state index contributed by atoms with van der Waals surface area (Å²) in [5.74, 6) is -0.572. The minimum atomic E-state index is -0.892. The van der Waals surface area contributed by atoms with Gasteiger partial charge in [-0.25, -0.2) is 9.78 Å². The van der Waals surface area contributed by atoms with Crippen LogP contribution in [0.25, 0.3) is 0 Å². The zero-order chi connectivity index (χ0) is 21.8. The van der Waals surface area contributed by atoms with Crippen LogP contribution in [0.2, 0.25) is 10.2 Å². The molecule has 0 aliphatic heterocycles. The lowest BCUT2D eigenvalue weighted by atomic mass is 10.2. The number of carbonyl (C=O) groups excluding carboxylic acids is 2. The monoisotopic (exact) mass is 446 g/mol. The molecule has 0 saturated carbocycles. The van der Waals surface area contributed by atoms with Crippen LogP contribution in [0.3, 0.4) is 0 Å². The Morgan fingerprint density at radius 2 is 2.07 bits per heavy atom. The van der Waals surface area contributed by atoms with Gasteiger partial charge in [-0.05, 0) is 43.7 Å². The lowest BCUT2D eigenvalue weighted by Crippen LogP contribution is -2.23. The van der Waals surface area contributed by atoms with E-state index in [0.717, 1.165) is 11.3 Å². The van der Waals surface area contributed by atoms with Gasteiger partial charge in [0.05, 0.1) is 23.4 Å². The van der Waals surface area contributed by atoms with Crippen molar-refractivity contribution in [1.82, 2.24) is 9.55 Å². The summed E-state index contributed by atoms with van der Waals surface area (Å²) in [5.41, 5.74) is 1.65. The summed E-state index contributed by atoms with van der Waals surface area (Å²) in [4.78, 5) is 28.4. The highest BCUT2D eigenvalue weighted by Gasteiger charge is 2.22. The van der Waals surface area contributed by atoms with E-state index in [9.17, 15) is 14.9 Å². The zero-order valence-corrected chi connectivity index (χ0v) is 17.5. The topological polar surface area (TPSA) is 110 Å². The molecule has 0 saturated heterocycles. The number of hydrogen-bond donors (Lipinski definition) is 1. The molecule has 0 fully saturated rings. The number of ether oxygens (including phenoxy) is 1. The van der Waals surface area contributed by atoms with Gasteiger partial charge in [0, 0.05) is 5.69 Å². The second-order valence-corrected chi connectivity index (χ2v) is 7.09. The summed E-state index contributed by atoms with van der Waals surface area (Å²) in [6.45, 7) is 3.34. The molecule has 0 aromatic carbocycles. The quantitative estimate of drug-likeness (QED) is 0.450. The van der Waals surface area contributed by atoms with Crippen molar-refractivity contribution in [2.45, 2.75) is 20.4 Å². The third-order valence-corrected chi connectivity index (χ3v) is 4.95. The number of furan rings is 1. The van der Waals surface area contributed by atoms with Gasteiger partial charge >= 0.3 is 5.97 Å². The van der Waals surface area contributed by atoms with Crippen molar-refractivity contribution in [3.05, 3.63) is 69.0 Å². The molecule has 0 spiro atoms. The fourth-order valence-corrected chi connectivity index (χ4v) is 3.15. The maximum Gasteiger partial charge on any atom is 0.359 e. The molecule has 1 amide bonds. The number of nitriles is 1. The Labute approximate surface area is 182 Å². The predicted octanol–water partition coefficient (Wildman–Crippen LogP) is 4.12. The van der Waals surface area contributed by atoms with E-state index in [-0.39, 0.29) is 15.9 Å². The van der Waals surface area contributed by atoms with Crippen LogP contribution in [0.15, 0.2) is 34.9 Å². The highest BCUT2D eigenvalue weighted by molar-refractivity contribution is 6.34. The Bertz CT molecular complexity index is 1150. The van der Waals surface area contributed by atoms with Crippen LogP contribution in [0.1, 0.15) is 33.1 Å². The van der Waals surface area contributed by atoms with Crippen LogP contribution < -0.4 is 5.32 Å². The Balaban J connectivity index is 1.76. The van der Waals surface area contributed by atoms with Crippen molar-refractivity contribution in [2.24, 2.45) is 0 Å². The number of pyridine rings is 1. The zero-order valence-electron chi connectivity index (χ0n) is 16.0. The van der Waals surface area contributed by atoms with Crippen molar-refractivity contribution in [1.29, 1.82) is 5.26 Å². The van der Waals surface area contributed by atoms with Crippen LogP contribution in [-0.2, 0) is 16.1 Å². The summed E-state index contributed by atoms with van der Waals surface area (Å²) < 4.78 is 12.1. The van der Waals surface area contributed by atoms with E-state index >= 15 is 0 Å². The fourth-order valence-electron chi connectivity index (χ4n) is 2.82. The number of hydrogen-bond acceptors (Lipinski definition) is 6. The normalized spacial score (nSPS) is 10.5. The molecule has 0 radical (unpaired) electrons. The summed E-state index contributed by atoms with van der Waals surface area (Å²) in [7, 11) is 0. The highest BCUT2D eigenvalue weighted by atomic mass is 35.5. The number of halogens is 2. The molecule has 0 atom stereocenters. The molecule has 30 heavy (non-hydrogen) atoms. The summed E-state index contributed by atoms with van der Waals surface area (Å²) in [5, 5.41) is 12.3.